The van der Waals surface area contributed by atoms with Crippen LogP contribution in [0.4, 0.5) is 0 Å². The van der Waals surface area contributed by atoms with Crippen molar-refractivity contribution < 1.29 is 9.59 Å². The highest BCUT2D eigenvalue weighted by Gasteiger charge is 2.10. The van der Waals surface area contributed by atoms with E-state index in [1.807, 2.05) is 74.5 Å². The molecule has 0 aliphatic rings. The van der Waals surface area contributed by atoms with E-state index in [0.717, 1.165) is 35.1 Å². The average molecular weight is 375 g/mol. The van der Waals surface area contributed by atoms with Gasteiger partial charge in [0.15, 0.2) is 11.6 Å². The number of Topliss-reactive ketones (excluding diaryl/α,β-unsaturated/α-hetero) is 2. The quantitative estimate of drug-likeness (QED) is 0.350. The lowest BCUT2D eigenvalue weighted by Gasteiger charge is -2.11. The van der Waals surface area contributed by atoms with Gasteiger partial charge in [0.2, 0.25) is 0 Å². The van der Waals surface area contributed by atoms with Crippen molar-refractivity contribution in [3.05, 3.63) is 94.1 Å². The molecule has 2 rings (SSSR count). The number of hydrogen-bond acceptors (Lipinski definition) is 2. The van der Waals surface area contributed by atoms with Gasteiger partial charge in [-0.3, -0.25) is 9.59 Å². The van der Waals surface area contributed by atoms with Crippen LogP contribution in [0, 0.1) is 0 Å². The molecule has 2 heteroatoms. The number of hydrogen-bond donors (Lipinski definition) is 0. The van der Waals surface area contributed by atoms with Gasteiger partial charge in [0.25, 0.3) is 0 Å². The second-order valence-corrected chi connectivity index (χ2v) is 7.55. The molecule has 0 spiro atoms. The Balaban J connectivity index is 1.93. The third kappa shape index (κ3) is 6.45. The van der Waals surface area contributed by atoms with Gasteiger partial charge in [-0.05, 0) is 40.5 Å². The van der Waals surface area contributed by atoms with Crippen LogP contribution in [-0.2, 0) is 0 Å². The Labute approximate surface area is 169 Å². The molecule has 0 aromatic heterocycles. The molecule has 0 aliphatic carbocycles. The van der Waals surface area contributed by atoms with Gasteiger partial charge in [-0.2, -0.15) is 0 Å². The van der Waals surface area contributed by atoms with Crippen molar-refractivity contribution in [3.63, 3.8) is 0 Å². The third-order valence-corrected chi connectivity index (χ3v) is 5.38. The second kappa shape index (κ2) is 10.6. The van der Waals surface area contributed by atoms with Gasteiger partial charge in [-0.15, -0.1) is 0 Å². The van der Waals surface area contributed by atoms with E-state index in [4.69, 9.17) is 0 Å². The fraction of sp³-hybridized carbons (Fsp3) is 0.308. The zero-order chi connectivity index (χ0) is 20.5. The number of carbonyl (C=O) groups excluding carboxylic acids is 2. The van der Waals surface area contributed by atoms with Crippen molar-refractivity contribution in [1.82, 2.24) is 0 Å². The highest BCUT2D eigenvalue weighted by molar-refractivity contribution is 5.98. The standard InChI is InChI=1S/C26H30O2/c1-19(21(3)17-25(27)23-11-7-5-8-12-23)15-16-20(2)22(4)18-26(28)24-13-9-6-10-14-24/h5-14H,15-18H2,1-4H3/b21-19+,22-20+. The topological polar surface area (TPSA) is 34.1 Å². The molecule has 0 heterocycles. The van der Waals surface area contributed by atoms with Crippen molar-refractivity contribution in [2.75, 3.05) is 0 Å². The molecule has 28 heavy (non-hydrogen) atoms. The van der Waals surface area contributed by atoms with E-state index in [0.29, 0.717) is 12.8 Å². The molecule has 0 saturated carbocycles. The minimum Gasteiger partial charge on any atom is -0.294 e. The third-order valence-electron chi connectivity index (χ3n) is 5.38. The summed E-state index contributed by atoms with van der Waals surface area (Å²) in [6.45, 7) is 8.29. The van der Waals surface area contributed by atoms with Crippen LogP contribution in [0.1, 0.15) is 74.1 Å². The number of ketones is 2. The van der Waals surface area contributed by atoms with Crippen LogP contribution in [0.2, 0.25) is 0 Å². The molecule has 0 N–H and O–H groups in total. The first-order valence-corrected chi connectivity index (χ1v) is 9.85. The monoisotopic (exact) mass is 374 g/mol. The lowest BCUT2D eigenvalue weighted by atomic mass is 9.94. The minimum atomic E-state index is 0.161. The largest absolute Gasteiger partial charge is 0.294 e. The van der Waals surface area contributed by atoms with E-state index in [9.17, 15) is 9.59 Å². The Bertz CT molecular complexity index is 796. The minimum absolute atomic E-state index is 0.161. The van der Waals surface area contributed by atoms with Gasteiger partial charge in [-0.1, -0.05) is 83.0 Å². The SMILES string of the molecule is C/C(CC/C(C)=C(\C)CC(=O)c1ccccc1)=C(/C)CC(=O)c1ccccc1. The first-order valence-electron chi connectivity index (χ1n) is 9.85. The van der Waals surface area contributed by atoms with Crippen LogP contribution in [0.25, 0.3) is 0 Å². The molecule has 2 nitrogen and oxygen atoms in total. The first kappa shape index (κ1) is 21.6. The van der Waals surface area contributed by atoms with Gasteiger partial charge in [0.1, 0.15) is 0 Å². The Morgan fingerprint density at radius 1 is 0.536 bits per heavy atom. The smallest absolute Gasteiger partial charge is 0.166 e. The van der Waals surface area contributed by atoms with Gasteiger partial charge in [0, 0.05) is 24.0 Å². The number of carbonyl (C=O) groups is 2. The molecule has 0 atom stereocenters. The lowest BCUT2D eigenvalue weighted by molar-refractivity contribution is 0.0984. The van der Waals surface area contributed by atoms with Crippen molar-refractivity contribution in [3.8, 4) is 0 Å². The van der Waals surface area contributed by atoms with Gasteiger partial charge in [0.05, 0.1) is 0 Å². The zero-order valence-electron chi connectivity index (χ0n) is 17.4. The summed E-state index contributed by atoms with van der Waals surface area (Å²) >= 11 is 0. The first-order chi connectivity index (χ1) is 13.4. The highest BCUT2D eigenvalue weighted by Crippen LogP contribution is 2.22. The van der Waals surface area contributed by atoms with Crippen LogP contribution in [0.5, 0.6) is 0 Å². The van der Waals surface area contributed by atoms with E-state index < -0.39 is 0 Å². The molecule has 0 fully saturated rings. The van der Waals surface area contributed by atoms with E-state index in [-0.39, 0.29) is 11.6 Å². The molecule has 0 bridgehead atoms. The van der Waals surface area contributed by atoms with E-state index in [1.54, 1.807) is 0 Å². The summed E-state index contributed by atoms with van der Waals surface area (Å²) in [6, 6.07) is 18.9. The summed E-state index contributed by atoms with van der Waals surface area (Å²) in [4.78, 5) is 24.8. The zero-order valence-corrected chi connectivity index (χ0v) is 17.4. The van der Waals surface area contributed by atoms with Gasteiger partial charge < -0.3 is 0 Å². The molecular formula is C26H30O2. The highest BCUT2D eigenvalue weighted by atomic mass is 16.1. The van der Waals surface area contributed by atoms with Crippen molar-refractivity contribution in [2.45, 2.75) is 53.4 Å². The molecule has 0 aliphatic heterocycles. The molecule has 0 amide bonds. The summed E-state index contributed by atoms with van der Waals surface area (Å²) in [5.74, 6) is 0.323. The number of allylic oxidation sites excluding steroid dienone is 4. The molecular weight excluding hydrogens is 344 g/mol. The maximum atomic E-state index is 12.4. The maximum absolute atomic E-state index is 12.4. The Morgan fingerprint density at radius 2 is 0.857 bits per heavy atom. The number of rotatable bonds is 9. The van der Waals surface area contributed by atoms with Crippen LogP contribution >= 0.6 is 0 Å². The lowest BCUT2D eigenvalue weighted by Crippen LogP contribution is -2.02. The predicted octanol–water partition coefficient (Wildman–Crippen LogP) is 6.99. The summed E-state index contributed by atoms with van der Waals surface area (Å²) < 4.78 is 0. The molecule has 0 unspecified atom stereocenters. The Morgan fingerprint density at radius 3 is 1.18 bits per heavy atom. The van der Waals surface area contributed by atoms with Gasteiger partial charge in [-0.25, -0.2) is 0 Å². The van der Waals surface area contributed by atoms with Gasteiger partial charge >= 0.3 is 0 Å². The van der Waals surface area contributed by atoms with E-state index in [2.05, 4.69) is 13.8 Å². The average Bonchev–Trinajstić information content (AvgIpc) is 2.72. The maximum Gasteiger partial charge on any atom is 0.166 e. The van der Waals surface area contributed by atoms with Crippen molar-refractivity contribution >= 4 is 11.6 Å². The molecule has 2 aromatic rings. The van der Waals surface area contributed by atoms with E-state index >= 15 is 0 Å². The molecule has 2 aromatic carbocycles. The fourth-order valence-corrected chi connectivity index (χ4v) is 3.04. The number of benzene rings is 2. The van der Waals surface area contributed by atoms with Crippen LogP contribution in [0.15, 0.2) is 83.0 Å². The normalized spacial score (nSPS) is 12.9. The summed E-state index contributed by atoms with van der Waals surface area (Å²) in [6.07, 6.45) is 2.75. The molecule has 0 radical (unpaired) electrons. The van der Waals surface area contributed by atoms with Crippen LogP contribution in [-0.4, -0.2) is 11.6 Å². The Hall–Kier alpha value is -2.74. The van der Waals surface area contributed by atoms with Crippen molar-refractivity contribution in [1.29, 1.82) is 0 Å². The molecule has 0 saturated heterocycles. The predicted molar refractivity (Wildman–Crippen MR) is 117 cm³/mol. The fourth-order valence-electron chi connectivity index (χ4n) is 3.04. The van der Waals surface area contributed by atoms with Crippen molar-refractivity contribution in [2.24, 2.45) is 0 Å². The van der Waals surface area contributed by atoms with Crippen LogP contribution in [0.3, 0.4) is 0 Å². The Kier molecular flexibility index (Phi) is 8.13. The summed E-state index contributed by atoms with van der Waals surface area (Å²) in [7, 11) is 0. The summed E-state index contributed by atoms with van der Waals surface area (Å²) in [5, 5.41) is 0. The van der Waals surface area contributed by atoms with E-state index in [1.165, 1.54) is 11.1 Å². The second-order valence-electron chi connectivity index (χ2n) is 7.55. The summed E-state index contributed by atoms with van der Waals surface area (Å²) in [5.41, 5.74) is 6.32. The van der Waals surface area contributed by atoms with Crippen LogP contribution < -0.4 is 0 Å². The molecule has 146 valence electrons.